The number of ether oxygens (including phenoxy) is 1. The summed E-state index contributed by atoms with van der Waals surface area (Å²) in [7, 11) is -1.22. The Morgan fingerprint density at radius 1 is 1.06 bits per heavy atom. The van der Waals surface area contributed by atoms with E-state index < -0.39 is 32.9 Å². The molecule has 1 aliphatic heterocycles. The van der Waals surface area contributed by atoms with Crippen LogP contribution in [0.25, 0.3) is 0 Å². The topological polar surface area (TPSA) is 92.8 Å². The molecule has 170 valence electrons. The van der Waals surface area contributed by atoms with Crippen molar-refractivity contribution in [2.24, 2.45) is 0 Å². The van der Waals surface area contributed by atoms with Crippen LogP contribution >= 0.6 is 0 Å². The number of pyridine rings is 1. The Morgan fingerprint density at radius 3 is 2.52 bits per heavy atom. The van der Waals surface area contributed by atoms with Crippen molar-refractivity contribution in [2.45, 2.75) is 11.4 Å². The number of nitrogens with zero attached hydrogens (tertiary/aromatic N) is 2. The molecule has 3 aromatic rings. The lowest BCUT2D eigenvalue weighted by Gasteiger charge is -2.13. The minimum Gasteiger partial charge on any atom is -0.497 e. The lowest BCUT2D eigenvalue weighted by atomic mass is 10.1. The Balaban J connectivity index is 1.63. The van der Waals surface area contributed by atoms with Gasteiger partial charge in [-0.15, -0.1) is 0 Å². The van der Waals surface area contributed by atoms with E-state index in [0.29, 0.717) is 18.1 Å². The molecule has 0 atom stereocenters. The summed E-state index contributed by atoms with van der Waals surface area (Å²) in [6, 6.07) is 10.8. The lowest BCUT2D eigenvalue weighted by molar-refractivity contribution is 0.140. The van der Waals surface area contributed by atoms with Crippen molar-refractivity contribution in [3.05, 3.63) is 77.0 Å². The number of methoxy groups -OCH3 is 1. The van der Waals surface area contributed by atoms with Crippen LogP contribution in [0.15, 0.2) is 53.4 Å². The molecular weight excluding hydrogens is 454 g/mol. The second-order valence-electron chi connectivity index (χ2n) is 6.81. The maximum Gasteiger partial charge on any atom is 0.261 e. The summed E-state index contributed by atoms with van der Waals surface area (Å²) in [5.41, 5.74) is 3.04. The number of fused-ring (bicyclic) bond motifs is 1. The molecule has 8 nitrogen and oxygen atoms in total. The highest BCUT2D eigenvalue weighted by Gasteiger charge is 2.21. The highest BCUT2D eigenvalue weighted by atomic mass is 32.2. The summed E-state index contributed by atoms with van der Waals surface area (Å²) >= 11 is 0. The van der Waals surface area contributed by atoms with Gasteiger partial charge in [0.05, 0.1) is 30.4 Å². The molecule has 0 spiro atoms. The Bertz CT molecular complexity index is 1370. The number of sulfonamides is 1. The zero-order valence-corrected chi connectivity index (χ0v) is 18.3. The molecule has 0 fully saturated rings. The second kappa shape index (κ2) is 9.03. The Labute approximate surface area is 189 Å². The van der Waals surface area contributed by atoms with Crippen molar-refractivity contribution in [1.29, 1.82) is 0 Å². The molecular formula is C22H18F2N4O4S. The van der Waals surface area contributed by atoms with Crippen LogP contribution in [0.3, 0.4) is 0 Å². The fraction of sp³-hybridized carbons (Fsp3) is 0.136. The molecule has 1 aromatic heterocycles. The van der Waals surface area contributed by atoms with Gasteiger partial charge in [-0.3, -0.25) is 9.56 Å². The van der Waals surface area contributed by atoms with Crippen LogP contribution in [0.5, 0.6) is 5.75 Å². The van der Waals surface area contributed by atoms with Crippen molar-refractivity contribution in [3.8, 4) is 17.6 Å². The van der Waals surface area contributed by atoms with Gasteiger partial charge in [0.25, 0.3) is 10.0 Å². The normalized spacial score (nSPS) is 12.7. The van der Waals surface area contributed by atoms with Gasteiger partial charge < -0.3 is 4.74 Å². The summed E-state index contributed by atoms with van der Waals surface area (Å²) in [5, 5.41) is 1.36. The predicted octanol–water partition coefficient (Wildman–Crippen LogP) is 2.96. The number of halogens is 2. The van der Waals surface area contributed by atoms with Crippen molar-refractivity contribution in [3.63, 3.8) is 0 Å². The molecule has 4 rings (SSSR count). The quantitative estimate of drug-likeness (QED) is 0.552. The molecule has 11 heteroatoms. The molecule has 2 heterocycles. The summed E-state index contributed by atoms with van der Waals surface area (Å²) in [6.45, 7) is 0.517. The van der Waals surface area contributed by atoms with Gasteiger partial charge in [0.2, 0.25) is 0 Å². The van der Waals surface area contributed by atoms with Crippen LogP contribution in [0, 0.1) is 23.5 Å². The zero-order chi connectivity index (χ0) is 23.6. The number of anilines is 2. The van der Waals surface area contributed by atoms with Crippen LogP contribution in [0.4, 0.5) is 20.3 Å². The van der Waals surface area contributed by atoms with E-state index in [0.717, 1.165) is 17.7 Å². The molecule has 0 bridgehead atoms. The van der Waals surface area contributed by atoms with Gasteiger partial charge in [0.15, 0.2) is 11.6 Å². The number of hydrogen-bond acceptors (Lipinski definition) is 7. The first-order chi connectivity index (χ1) is 15.8. The van der Waals surface area contributed by atoms with Crippen LogP contribution in [-0.2, 0) is 21.4 Å². The van der Waals surface area contributed by atoms with E-state index in [1.54, 1.807) is 12.1 Å². The first-order valence-corrected chi connectivity index (χ1v) is 11.1. The van der Waals surface area contributed by atoms with E-state index in [2.05, 4.69) is 27.0 Å². The largest absolute Gasteiger partial charge is 0.497 e. The smallest absolute Gasteiger partial charge is 0.261 e. The summed E-state index contributed by atoms with van der Waals surface area (Å²) < 4.78 is 61.7. The van der Waals surface area contributed by atoms with E-state index in [1.165, 1.54) is 43.7 Å². The maximum absolute atomic E-state index is 15.0. The van der Waals surface area contributed by atoms with E-state index >= 15 is 0 Å². The molecule has 0 aliphatic carbocycles. The van der Waals surface area contributed by atoms with E-state index in [-0.39, 0.29) is 10.6 Å². The molecule has 2 N–H and O–H groups in total. The molecule has 0 amide bonds. The highest BCUT2D eigenvalue weighted by molar-refractivity contribution is 7.92. The number of aromatic nitrogens is 1. The third-order valence-corrected chi connectivity index (χ3v) is 6.15. The van der Waals surface area contributed by atoms with Crippen molar-refractivity contribution in [2.75, 3.05) is 24.1 Å². The number of hydrazine groups is 1. The standard InChI is InChI=1S/C22H18F2N4O4S/c1-31-16-6-8-17(9-7-16)33(29,30)27-20-12-11-19(23)18(21(20)24)10-5-15-4-3-14-13-25-28(32-2)22(14)26-15/h3-4,6-9,11-12,25,27H,13H2,1-2H3. The van der Waals surface area contributed by atoms with Gasteiger partial charge in [-0.25, -0.2) is 27.6 Å². The predicted molar refractivity (Wildman–Crippen MR) is 117 cm³/mol. The maximum atomic E-state index is 15.0. The third kappa shape index (κ3) is 4.58. The van der Waals surface area contributed by atoms with E-state index in [4.69, 9.17) is 9.57 Å². The van der Waals surface area contributed by atoms with E-state index in [9.17, 15) is 17.2 Å². The van der Waals surface area contributed by atoms with Gasteiger partial charge in [0, 0.05) is 12.1 Å². The minimum atomic E-state index is -4.13. The van der Waals surface area contributed by atoms with Crippen molar-refractivity contribution >= 4 is 21.5 Å². The monoisotopic (exact) mass is 472 g/mol. The lowest BCUT2D eigenvalue weighted by Crippen LogP contribution is -2.31. The zero-order valence-electron chi connectivity index (χ0n) is 17.5. The number of benzene rings is 2. The minimum absolute atomic E-state index is 0.113. The average molecular weight is 472 g/mol. The van der Waals surface area contributed by atoms with E-state index in [1.807, 2.05) is 0 Å². The molecule has 0 unspecified atom stereocenters. The number of nitrogens with one attached hydrogen (secondary N) is 2. The highest BCUT2D eigenvalue weighted by Crippen LogP contribution is 2.25. The van der Waals surface area contributed by atoms with Crippen LogP contribution in [0.2, 0.25) is 0 Å². The fourth-order valence-electron chi connectivity index (χ4n) is 3.07. The Hall–Kier alpha value is -3.72. The van der Waals surface area contributed by atoms with Gasteiger partial charge in [-0.05, 0) is 48.4 Å². The molecule has 33 heavy (non-hydrogen) atoms. The third-order valence-electron chi connectivity index (χ3n) is 4.76. The molecule has 0 saturated carbocycles. The van der Waals surface area contributed by atoms with Crippen LogP contribution in [0.1, 0.15) is 16.8 Å². The van der Waals surface area contributed by atoms with Gasteiger partial charge in [-0.2, -0.15) is 5.17 Å². The Morgan fingerprint density at radius 2 is 1.82 bits per heavy atom. The first-order valence-electron chi connectivity index (χ1n) is 9.57. The number of rotatable bonds is 5. The summed E-state index contributed by atoms with van der Waals surface area (Å²) in [5.74, 6) is 3.90. The Kier molecular flexibility index (Phi) is 6.15. The number of hydrogen-bond donors (Lipinski definition) is 2. The molecule has 0 saturated heterocycles. The van der Waals surface area contributed by atoms with Crippen molar-refractivity contribution < 1.29 is 26.8 Å². The van der Waals surface area contributed by atoms with Gasteiger partial charge >= 0.3 is 0 Å². The molecule has 1 aliphatic rings. The molecule has 0 radical (unpaired) electrons. The van der Waals surface area contributed by atoms with Crippen molar-refractivity contribution in [1.82, 2.24) is 10.4 Å². The summed E-state index contributed by atoms with van der Waals surface area (Å²) in [6.07, 6.45) is 0. The summed E-state index contributed by atoms with van der Waals surface area (Å²) in [4.78, 5) is 9.33. The average Bonchev–Trinajstić information content (AvgIpc) is 3.23. The SMILES string of the molecule is COc1ccc(S(=O)(=O)Nc2ccc(F)c(C#Cc3ccc4c(n3)N(OC)NC4)c2F)cc1. The molecule has 2 aromatic carbocycles. The first kappa shape index (κ1) is 22.5. The van der Waals surface area contributed by atoms with Crippen LogP contribution < -0.4 is 20.1 Å². The van der Waals surface area contributed by atoms with Crippen LogP contribution in [-0.4, -0.2) is 27.6 Å². The van der Waals surface area contributed by atoms with Gasteiger partial charge in [0.1, 0.15) is 17.3 Å². The second-order valence-corrected chi connectivity index (χ2v) is 8.49. The fourth-order valence-corrected chi connectivity index (χ4v) is 4.13. The van der Waals surface area contributed by atoms with Gasteiger partial charge in [-0.1, -0.05) is 12.0 Å².